The number of hydrogen-bond acceptors (Lipinski definition) is 5. The van der Waals surface area contributed by atoms with E-state index in [1.807, 2.05) is 0 Å². The highest BCUT2D eigenvalue weighted by Gasteiger charge is 2.19. The number of para-hydroxylation sites is 1. The number of pyridine rings is 1. The molecule has 0 aliphatic heterocycles. The van der Waals surface area contributed by atoms with Gasteiger partial charge in [-0.2, -0.15) is 0 Å². The first-order chi connectivity index (χ1) is 14.7. The van der Waals surface area contributed by atoms with Crippen molar-refractivity contribution in [1.29, 1.82) is 0 Å². The summed E-state index contributed by atoms with van der Waals surface area (Å²) >= 11 is 5.81. The molecule has 0 bridgehead atoms. The third kappa shape index (κ3) is 4.63. The zero-order valence-electron chi connectivity index (χ0n) is 15.9. The van der Waals surface area contributed by atoms with Gasteiger partial charge in [0.15, 0.2) is 0 Å². The smallest absolute Gasteiger partial charge is 0.264 e. The van der Waals surface area contributed by atoms with Crippen molar-refractivity contribution >= 4 is 53.9 Å². The molecule has 0 atom stereocenters. The third-order valence-corrected chi connectivity index (χ3v) is 7.44. The molecule has 158 valence electrons. The number of anilines is 2. The molecule has 2 N–H and O–H groups in total. The normalized spacial score (nSPS) is 11.9. The van der Waals surface area contributed by atoms with Crippen molar-refractivity contribution in [3.63, 3.8) is 0 Å². The van der Waals surface area contributed by atoms with Crippen molar-refractivity contribution in [1.82, 2.24) is 4.98 Å². The lowest BCUT2D eigenvalue weighted by atomic mass is 10.2. The minimum atomic E-state index is -3.96. The number of aromatic nitrogens is 1. The zero-order valence-corrected chi connectivity index (χ0v) is 18.2. The number of hydrogen-bond donors (Lipinski definition) is 2. The Labute approximate surface area is 184 Å². The fourth-order valence-corrected chi connectivity index (χ4v) is 5.38. The number of nitrogens with zero attached hydrogens (tertiary/aromatic N) is 1. The van der Waals surface area contributed by atoms with E-state index < -0.39 is 20.0 Å². The molecule has 0 saturated heterocycles. The van der Waals surface area contributed by atoms with Crippen molar-refractivity contribution in [2.45, 2.75) is 9.79 Å². The molecule has 4 aromatic rings. The molecule has 1 aromatic heterocycles. The largest absolute Gasteiger partial charge is 0.280 e. The summed E-state index contributed by atoms with van der Waals surface area (Å²) in [5.41, 5.74) is 0.743. The highest BCUT2D eigenvalue weighted by atomic mass is 35.5. The summed E-state index contributed by atoms with van der Waals surface area (Å²) in [7, 11) is -7.83. The van der Waals surface area contributed by atoms with Gasteiger partial charge in [0.05, 0.1) is 21.8 Å². The van der Waals surface area contributed by atoms with E-state index in [1.165, 1.54) is 54.7 Å². The maximum atomic E-state index is 13.0. The fourth-order valence-electron chi connectivity index (χ4n) is 2.98. The van der Waals surface area contributed by atoms with Gasteiger partial charge in [-0.15, -0.1) is 0 Å². The van der Waals surface area contributed by atoms with Crippen LogP contribution < -0.4 is 9.44 Å². The van der Waals surface area contributed by atoms with E-state index >= 15 is 0 Å². The predicted molar refractivity (Wildman–Crippen MR) is 121 cm³/mol. The molecule has 3 aromatic carbocycles. The van der Waals surface area contributed by atoms with Crippen LogP contribution >= 0.6 is 11.6 Å². The summed E-state index contributed by atoms with van der Waals surface area (Å²) in [5, 5.41) is 1.10. The van der Waals surface area contributed by atoms with Gasteiger partial charge >= 0.3 is 0 Å². The van der Waals surface area contributed by atoms with Gasteiger partial charge in [0.2, 0.25) is 0 Å². The Bertz CT molecular complexity index is 1470. The molecule has 0 amide bonds. The SMILES string of the molecule is O=S(=O)(Nc1cccc(NS(=O)(=O)c2cccc3cccnc23)c1)c1ccc(Cl)cc1. The first-order valence-corrected chi connectivity index (χ1v) is 12.3. The second-order valence-electron chi connectivity index (χ2n) is 6.58. The lowest BCUT2D eigenvalue weighted by Crippen LogP contribution is -2.15. The van der Waals surface area contributed by atoms with Crippen LogP contribution in [0.3, 0.4) is 0 Å². The van der Waals surface area contributed by atoms with Crippen LogP contribution in [0.4, 0.5) is 11.4 Å². The zero-order chi connectivity index (χ0) is 22.1. The van der Waals surface area contributed by atoms with Crippen molar-refractivity contribution < 1.29 is 16.8 Å². The molecule has 7 nitrogen and oxygen atoms in total. The number of halogens is 1. The molecular weight excluding hydrogens is 458 g/mol. The van der Waals surface area contributed by atoms with E-state index in [1.54, 1.807) is 30.3 Å². The molecule has 0 radical (unpaired) electrons. The molecule has 10 heteroatoms. The minimum absolute atomic E-state index is 0.0257. The van der Waals surface area contributed by atoms with Crippen LogP contribution in [0.2, 0.25) is 5.02 Å². The summed E-state index contributed by atoms with van der Waals surface area (Å²) < 4.78 is 56.0. The molecule has 0 aliphatic rings. The van der Waals surface area contributed by atoms with E-state index in [2.05, 4.69) is 14.4 Å². The fraction of sp³-hybridized carbons (Fsp3) is 0. The lowest BCUT2D eigenvalue weighted by Gasteiger charge is -2.12. The van der Waals surface area contributed by atoms with Crippen LogP contribution in [0.15, 0.2) is 94.9 Å². The summed E-state index contributed by atoms with van der Waals surface area (Å²) in [6, 6.07) is 20.0. The van der Waals surface area contributed by atoms with Gasteiger partial charge in [-0.3, -0.25) is 14.4 Å². The Kier molecular flexibility index (Phi) is 5.57. The average Bonchev–Trinajstić information content (AvgIpc) is 2.73. The van der Waals surface area contributed by atoms with Gasteiger partial charge in [-0.1, -0.05) is 35.9 Å². The number of rotatable bonds is 6. The Morgan fingerprint density at radius 2 is 1.32 bits per heavy atom. The molecule has 0 unspecified atom stereocenters. The molecule has 0 fully saturated rings. The molecule has 31 heavy (non-hydrogen) atoms. The average molecular weight is 474 g/mol. The Morgan fingerprint density at radius 3 is 2.03 bits per heavy atom. The summed E-state index contributed by atoms with van der Waals surface area (Å²) in [6.45, 7) is 0. The van der Waals surface area contributed by atoms with E-state index in [-0.39, 0.29) is 21.2 Å². The van der Waals surface area contributed by atoms with Crippen molar-refractivity contribution in [2.24, 2.45) is 0 Å². The second-order valence-corrected chi connectivity index (χ2v) is 10.3. The van der Waals surface area contributed by atoms with Crippen LogP contribution in [0.5, 0.6) is 0 Å². The number of benzene rings is 3. The van der Waals surface area contributed by atoms with Crippen molar-refractivity contribution in [3.8, 4) is 0 Å². The highest BCUT2D eigenvalue weighted by Crippen LogP contribution is 2.25. The summed E-state index contributed by atoms with van der Waals surface area (Å²) in [6.07, 6.45) is 1.52. The lowest BCUT2D eigenvalue weighted by molar-refractivity contribution is 0.600. The van der Waals surface area contributed by atoms with Crippen LogP contribution in [0.1, 0.15) is 0 Å². The van der Waals surface area contributed by atoms with Crippen LogP contribution in [-0.2, 0) is 20.0 Å². The molecule has 4 rings (SSSR count). The van der Waals surface area contributed by atoms with E-state index in [9.17, 15) is 16.8 Å². The summed E-state index contributed by atoms with van der Waals surface area (Å²) in [5.74, 6) is 0. The van der Waals surface area contributed by atoms with Crippen LogP contribution in [0, 0.1) is 0 Å². The number of nitrogens with one attached hydrogen (secondary N) is 2. The molecular formula is C21H16ClN3O4S2. The van der Waals surface area contributed by atoms with E-state index in [0.717, 1.165) is 0 Å². The van der Waals surface area contributed by atoms with Crippen molar-refractivity contribution in [2.75, 3.05) is 9.44 Å². The number of sulfonamides is 2. The van der Waals surface area contributed by atoms with Gasteiger partial charge in [0.25, 0.3) is 20.0 Å². The van der Waals surface area contributed by atoms with Crippen molar-refractivity contribution in [3.05, 3.63) is 90.1 Å². The molecule has 0 saturated carbocycles. The minimum Gasteiger partial charge on any atom is -0.280 e. The Morgan fingerprint density at radius 1 is 0.710 bits per heavy atom. The standard InChI is InChI=1S/C21H16ClN3O4S2/c22-16-9-11-19(12-10-16)30(26,27)24-17-6-2-7-18(14-17)25-31(28,29)20-8-1-4-15-5-3-13-23-21(15)20/h1-14,24-25H. The summed E-state index contributed by atoms with van der Waals surface area (Å²) in [4.78, 5) is 4.23. The first-order valence-electron chi connectivity index (χ1n) is 9.00. The number of fused-ring (bicyclic) bond motifs is 1. The van der Waals surface area contributed by atoms with Gasteiger partial charge in [0, 0.05) is 16.6 Å². The maximum Gasteiger partial charge on any atom is 0.264 e. The van der Waals surface area contributed by atoms with Gasteiger partial charge in [0.1, 0.15) is 4.90 Å². The Balaban J connectivity index is 1.62. The maximum absolute atomic E-state index is 13.0. The third-order valence-electron chi connectivity index (χ3n) is 4.38. The molecule has 1 heterocycles. The monoisotopic (exact) mass is 473 g/mol. The quantitative estimate of drug-likeness (QED) is 0.429. The molecule has 0 aliphatic carbocycles. The van der Waals surface area contributed by atoms with Crippen LogP contribution in [-0.4, -0.2) is 21.8 Å². The van der Waals surface area contributed by atoms with Crippen LogP contribution in [0.25, 0.3) is 10.9 Å². The van der Waals surface area contributed by atoms with E-state index in [0.29, 0.717) is 15.9 Å². The van der Waals surface area contributed by atoms with Gasteiger partial charge < -0.3 is 0 Å². The van der Waals surface area contributed by atoms with Gasteiger partial charge in [-0.25, -0.2) is 16.8 Å². The first kappa shape index (κ1) is 21.1. The molecule has 0 spiro atoms. The van der Waals surface area contributed by atoms with Gasteiger partial charge in [-0.05, 0) is 54.6 Å². The predicted octanol–water partition coefficient (Wildman–Crippen LogP) is 4.49. The second kappa shape index (κ2) is 8.18. The highest BCUT2D eigenvalue weighted by molar-refractivity contribution is 7.93. The Hall–Kier alpha value is -3.14. The van der Waals surface area contributed by atoms with E-state index in [4.69, 9.17) is 11.6 Å². The topological polar surface area (TPSA) is 105 Å².